The van der Waals surface area contributed by atoms with E-state index in [1.165, 1.54) is 24.3 Å². The van der Waals surface area contributed by atoms with Gasteiger partial charge in [0.05, 0.1) is 4.92 Å². The summed E-state index contributed by atoms with van der Waals surface area (Å²) in [7, 11) is 0. The van der Waals surface area contributed by atoms with Gasteiger partial charge in [0.1, 0.15) is 16.9 Å². The summed E-state index contributed by atoms with van der Waals surface area (Å²) in [5.74, 6) is -0.304. The van der Waals surface area contributed by atoms with Crippen LogP contribution in [0, 0.1) is 10.1 Å². The van der Waals surface area contributed by atoms with Gasteiger partial charge in [-0.25, -0.2) is 0 Å². The number of phenolic OH excluding ortho intramolecular Hbond substituents is 2. The summed E-state index contributed by atoms with van der Waals surface area (Å²) in [6, 6.07) is 6.77. The van der Waals surface area contributed by atoms with Gasteiger partial charge in [-0.05, 0) is 12.1 Å². The first-order valence-corrected chi connectivity index (χ1v) is 4.19. The maximum Gasteiger partial charge on any atom is 0.281 e. The molecular weight excluding hydrogens is 198 g/mol. The molecule has 0 heterocycles. The van der Waals surface area contributed by atoms with E-state index < -0.39 is 4.92 Å². The topological polar surface area (TPSA) is 83.6 Å². The highest BCUT2D eigenvalue weighted by Gasteiger charge is 2.16. The van der Waals surface area contributed by atoms with E-state index >= 15 is 0 Å². The molecule has 2 rings (SSSR count). The van der Waals surface area contributed by atoms with Crippen LogP contribution in [-0.2, 0) is 0 Å². The smallest absolute Gasteiger partial charge is 0.281 e. The Morgan fingerprint density at radius 1 is 1.07 bits per heavy atom. The van der Waals surface area contributed by atoms with Crippen LogP contribution in [0.5, 0.6) is 11.5 Å². The van der Waals surface area contributed by atoms with Gasteiger partial charge >= 0.3 is 0 Å². The molecule has 0 aliphatic rings. The summed E-state index contributed by atoms with van der Waals surface area (Å²) < 4.78 is 0. The van der Waals surface area contributed by atoms with Crippen molar-refractivity contribution >= 4 is 16.5 Å². The van der Waals surface area contributed by atoms with Crippen LogP contribution >= 0.6 is 0 Å². The van der Waals surface area contributed by atoms with E-state index in [1.807, 2.05) is 0 Å². The van der Waals surface area contributed by atoms with Crippen LogP contribution in [-0.4, -0.2) is 15.1 Å². The first-order valence-electron chi connectivity index (χ1n) is 4.19. The van der Waals surface area contributed by atoms with E-state index in [9.17, 15) is 20.3 Å². The lowest BCUT2D eigenvalue weighted by molar-refractivity contribution is -0.383. The van der Waals surface area contributed by atoms with Crippen LogP contribution in [0.2, 0.25) is 0 Å². The second-order valence-corrected chi connectivity index (χ2v) is 3.06. The number of fused-ring (bicyclic) bond motifs is 1. The minimum absolute atomic E-state index is 0.0579. The van der Waals surface area contributed by atoms with Gasteiger partial charge < -0.3 is 10.2 Å². The van der Waals surface area contributed by atoms with Crippen molar-refractivity contribution in [2.24, 2.45) is 0 Å². The van der Waals surface area contributed by atoms with Crippen molar-refractivity contribution in [2.45, 2.75) is 0 Å². The average Bonchev–Trinajstić information content (AvgIpc) is 2.19. The van der Waals surface area contributed by atoms with Gasteiger partial charge in [0.25, 0.3) is 5.69 Å². The SMILES string of the molecule is O=[N+]([O-])c1ccc(O)c2cccc(O)c12. The van der Waals surface area contributed by atoms with Crippen molar-refractivity contribution in [1.29, 1.82) is 0 Å². The van der Waals surface area contributed by atoms with Crippen LogP contribution in [0.25, 0.3) is 10.8 Å². The van der Waals surface area contributed by atoms with Crippen molar-refractivity contribution in [3.05, 3.63) is 40.4 Å². The maximum atomic E-state index is 10.7. The molecule has 76 valence electrons. The molecule has 0 aliphatic carbocycles. The van der Waals surface area contributed by atoms with Gasteiger partial charge in [-0.2, -0.15) is 0 Å². The molecular formula is C10H7NO4. The quantitative estimate of drug-likeness (QED) is 0.551. The Bertz CT molecular complexity index is 550. The Kier molecular flexibility index (Phi) is 1.93. The van der Waals surface area contributed by atoms with Crippen molar-refractivity contribution in [3.8, 4) is 11.5 Å². The molecule has 0 bridgehead atoms. The van der Waals surface area contributed by atoms with Crippen LogP contribution in [0.4, 0.5) is 5.69 Å². The van der Waals surface area contributed by atoms with Crippen LogP contribution < -0.4 is 0 Å². The van der Waals surface area contributed by atoms with E-state index in [0.29, 0.717) is 0 Å². The van der Waals surface area contributed by atoms with Crippen LogP contribution in [0.15, 0.2) is 30.3 Å². The lowest BCUT2D eigenvalue weighted by atomic mass is 10.1. The van der Waals surface area contributed by atoms with Gasteiger partial charge in [-0.1, -0.05) is 12.1 Å². The monoisotopic (exact) mass is 205 g/mol. The number of nitrogens with zero attached hydrogens (tertiary/aromatic N) is 1. The van der Waals surface area contributed by atoms with Crippen molar-refractivity contribution < 1.29 is 15.1 Å². The second kappa shape index (κ2) is 3.13. The molecule has 0 amide bonds. The zero-order valence-electron chi connectivity index (χ0n) is 7.54. The molecule has 2 aromatic carbocycles. The lowest BCUT2D eigenvalue weighted by Gasteiger charge is -2.03. The minimum Gasteiger partial charge on any atom is -0.507 e. The average molecular weight is 205 g/mol. The highest BCUT2D eigenvalue weighted by Crippen LogP contribution is 2.37. The largest absolute Gasteiger partial charge is 0.507 e. The molecule has 0 saturated heterocycles. The molecule has 0 spiro atoms. The van der Waals surface area contributed by atoms with Gasteiger partial charge in [-0.3, -0.25) is 10.1 Å². The number of nitro groups is 1. The maximum absolute atomic E-state index is 10.7. The molecule has 0 unspecified atom stereocenters. The van der Waals surface area contributed by atoms with E-state index in [4.69, 9.17) is 0 Å². The zero-order chi connectivity index (χ0) is 11.0. The van der Waals surface area contributed by atoms with E-state index in [1.54, 1.807) is 0 Å². The molecule has 5 heteroatoms. The summed E-state index contributed by atoms with van der Waals surface area (Å²) >= 11 is 0. The fourth-order valence-corrected chi connectivity index (χ4v) is 1.51. The summed E-state index contributed by atoms with van der Waals surface area (Å²) in [6.45, 7) is 0. The first kappa shape index (κ1) is 9.26. The van der Waals surface area contributed by atoms with Gasteiger partial charge in [0.2, 0.25) is 0 Å². The third-order valence-electron chi connectivity index (χ3n) is 2.17. The highest BCUT2D eigenvalue weighted by atomic mass is 16.6. The lowest BCUT2D eigenvalue weighted by Crippen LogP contribution is -1.89. The van der Waals surface area contributed by atoms with Crippen molar-refractivity contribution in [2.75, 3.05) is 0 Å². The minimum atomic E-state index is -0.596. The number of non-ortho nitro benzene ring substituents is 1. The predicted octanol–water partition coefficient (Wildman–Crippen LogP) is 2.16. The molecule has 2 N–H and O–H groups in total. The third-order valence-corrected chi connectivity index (χ3v) is 2.17. The number of rotatable bonds is 1. The van der Waals surface area contributed by atoms with E-state index in [2.05, 4.69) is 0 Å². The second-order valence-electron chi connectivity index (χ2n) is 3.06. The van der Waals surface area contributed by atoms with Crippen LogP contribution in [0.3, 0.4) is 0 Å². The van der Waals surface area contributed by atoms with E-state index in [0.717, 1.165) is 6.07 Å². The Hall–Kier alpha value is -2.30. The Balaban J connectivity index is 2.96. The first-order chi connectivity index (χ1) is 7.11. The van der Waals surface area contributed by atoms with Gasteiger partial charge in [0.15, 0.2) is 0 Å². The normalized spacial score (nSPS) is 10.4. The Labute approximate surface area is 84.4 Å². The summed E-state index contributed by atoms with van der Waals surface area (Å²) in [6.07, 6.45) is 0. The molecule has 0 radical (unpaired) electrons. The molecule has 0 saturated carbocycles. The van der Waals surface area contributed by atoms with Crippen molar-refractivity contribution in [3.63, 3.8) is 0 Å². The number of phenols is 2. The summed E-state index contributed by atoms with van der Waals surface area (Å²) in [4.78, 5) is 10.1. The Morgan fingerprint density at radius 2 is 1.80 bits per heavy atom. The molecule has 0 fully saturated rings. The number of hydrogen-bond acceptors (Lipinski definition) is 4. The predicted molar refractivity (Wildman–Crippen MR) is 53.9 cm³/mol. The highest BCUT2D eigenvalue weighted by molar-refractivity contribution is 5.99. The number of aromatic hydroxyl groups is 2. The fourth-order valence-electron chi connectivity index (χ4n) is 1.51. The van der Waals surface area contributed by atoms with Gasteiger partial charge in [0, 0.05) is 11.5 Å². The van der Waals surface area contributed by atoms with E-state index in [-0.39, 0.29) is 28.0 Å². The summed E-state index contributed by atoms with van der Waals surface area (Å²) in [5.41, 5.74) is -0.221. The number of benzene rings is 2. The summed E-state index contributed by atoms with van der Waals surface area (Å²) in [5, 5.41) is 30.0. The number of hydrogen-bond donors (Lipinski definition) is 2. The molecule has 2 aromatic rings. The fraction of sp³-hybridized carbons (Fsp3) is 0. The Morgan fingerprint density at radius 3 is 2.47 bits per heavy atom. The molecule has 0 aromatic heterocycles. The molecule has 5 nitrogen and oxygen atoms in total. The van der Waals surface area contributed by atoms with Crippen molar-refractivity contribution in [1.82, 2.24) is 0 Å². The zero-order valence-corrected chi connectivity index (χ0v) is 7.54. The standard InChI is InChI=1S/C10H7NO4/c12-8-5-4-7(11(14)15)10-6(8)2-1-3-9(10)13/h1-5,12-13H. The number of nitro benzene ring substituents is 1. The molecule has 0 aliphatic heterocycles. The van der Waals surface area contributed by atoms with Gasteiger partial charge in [-0.15, -0.1) is 0 Å². The molecule has 15 heavy (non-hydrogen) atoms. The third kappa shape index (κ3) is 1.34. The molecule has 0 atom stereocenters. The van der Waals surface area contributed by atoms with Crippen LogP contribution in [0.1, 0.15) is 0 Å².